The lowest BCUT2D eigenvalue weighted by Crippen LogP contribution is -2.22. The molecule has 0 atom stereocenters. The lowest BCUT2D eigenvalue weighted by Gasteiger charge is -2.11. The highest BCUT2D eigenvalue weighted by Gasteiger charge is 2.11. The Kier molecular flexibility index (Phi) is 7.83. The minimum absolute atomic E-state index is 0. The third-order valence-electron chi connectivity index (χ3n) is 3.71. The largest absolute Gasteiger partial charge is 0.494 e. The third kappa shape index (κ3) is 5.42. The van der Waals surface area contributed by atoms with Crippen LogP contribution in [0.15, 0.2) is 47.5 Å². The van der Waals surface area contributed by atoms with Crippen LogP contribution in [-0.2, 0) is 6.54 Å². The summed E-state index contributed by atoms with van der Waals surface area (Å²) >= 11 is 0. The Bertz CT molecular complexity index is 753. The fourth-order valence-electron chi connectivity index (χ4n) is 2.53. The molecule has 0 aromatic heterocycles. The summed E-state index contributed by atoms with van der Waals surface area (Å²) in [5.74, 6) is 2.64. The van der Waals surface area contributed by atoms with E-state index in [4.69, 9.17) is 19.9 Å². The van der Waals surface area contributed by atoms with Crippen LogP contribution in [0.5, 0.6) is 17.2 Å². The molecule has 1 heterocycles. The lowest BCUT2D eigenvalue weighted by molar-refractivity contribution is 0.297. The van der Waals surface area contributed by atoms with Gasteiger partial charge in [0.1, 0.15) is 5.75 Å². The van der Waals surface area contributed by atoms with Gasteiger partial charge in [-0.15, -0.1) is 24.0 Å². The molecule has 6 nitrogen and oxygen atoms in total. The number of aliphatic imine (C=N–C) groups is 1. The van der Waals surface area contributed by atoms with Crippen LogP contribution in [0.4, 0.5) is 5.69 Å². The highest BCUT2D eigenvalue weighted by Crippen LogP contribution is 2.32. The average molecular weight is 469 g/mol. The lowest BCUT2D eigenvalue weighted by atomic mass is 10.2. The van der Waals surface area contributed by atoms with Gasteiger partial charge in [-0.1, -0.05) is 18.2 Å². The van der Waals surface area contributed by atoms with E-state index >= 15 is 0 Å². The number of benzene rings is 2. The molecule has 0 saturated heterocycles. The molecular formula is C19H24IN3O3. The van der Waals surface area contributed by atoms with Gasteiger partial charge in [0, 0.05) is 23.7 Å². The topological polar surface area (TPSA) is 78.1 Å². The number of halogens is 1. The minimum Gasteiger partial charge on any atom is -0.494 e. The molecule has 2 aromatic rings. The van der Waals surface area contributed by atoms with Gasteiger partial charge in [0.2, 0.25) is 0 Å². The van der Waals surface area contributed by atoms with E-state index in [0.29, 0.717) is 32.3 Å². The number of guanidine groups is 1. The van der Waals surface area contributed by atoms with Gasteiger partial charge in [-0.2, -0.15) is 0 Å². The number of hydrogen-bond acceptors (Lipinski definition) is 4. The van der Waals surface area contributed by atoms with Crippen LogP contribution in [0.1, 0.15) is 18.9 Å². The van der Waals surface area contributed by atoms with Crippen LogP contribution in [-0.4, -0.2) is 25.8 Å². The second-order valence-corrected chi connectivity index (χ2v) is 5.58. The summed E-state index contributed by atoms with van der Waals surface area (Å²) in [6.45, 7) is 4.34. The molecule has 2 aromatic carbocycles. The predicted octanol–water partition coefficient (Wildman–Crippen LogP) is 3.79. The second-order valence-electron chi connectivity index (χ2n) is 5.58. The van der Waals surface area contributed by atoms with Crippen molar-refractivity contribution in [1.29, 1.82) is 0 Å². The molecule has 0 spiro atoms. The van der Waals surface area contributed by atoms with Crippen LogP contribution < -0.4 is 25.3 Å². The molecule has 0 unspecified atom stereocenters. The monoisotopic (exact) mass is 469 g/mol. The van der Waals surface area contributed by atoms with Gasteiger partial charge < -0.3 is 25.3 Å². The molecule has 7 heteroatoms. The standard InChI is InChI=1S/C19H23N3O3.HI/c1-2-23-16-7-4-3-6-14(16)13-21-19(20)22-15-8-9-17-18(12-15)25-11-5-10-24-17;/h3-4,6-9,12H,2,5,10-11,13H2,1H3,(H3,20,21,22);1H. The molecule has 140 valence electrons. The minimum atomic E-state index is 0. The van der Waals surface area contributed by atoms with Crippen molar-refractivity contribution in [2.45, 2.75) is 19.9 Å². The van der Waals surface area contributed by atoms with Gasteiger partial charge >= 0.3 is 0 Å². The fourth-order valence-corrected chi connectivity index (χ4v) is 2.53. The van der Waals surface area contributed by atoms with Crippen molar-refractivity contribution in [3.8, 4) is 17.2 Å². The molecule has 1 aliphatic rings. The summed E-state index contributed by atoms with van der Waals surface area (Å²) < 4.78 is 16.9. The first kappa shape index (κ1) is 20.2. The number of hydrogen-bond donors (Lipinski definition) is 2. The molecule has 0 aliphatic carbocycles. The van der Waals surface area contributed by atoms with Crippen molar-refractivity contribution in [2.75, 3.05) is 25.1 Å². The number of rotatable bonds is 5. The SMILES string of the molecule is CCOc1ccccc1CN=C(N)Nc1ccc2c(c1)OCCCO2.I. The molecule has 0 saturated carbocycles. The first-order valence-corrected chi connectivity index (χ1v) is 8.43. The molecule has 3 N–H and O–H groups in total. The average Bonchev–Trinajstić information content (AvgIpc) is 2.86. The summed E-state index contributed by atoms with van der Waals surface area (Å²) in [4.78, 5) is 4.39. The van der Waals surface area contributed by atoms with Crippen molar-refractivity contribution in [3.05, 3.63) is 48.0 Å². The number of ether oxygens (including phenoxy) is 3. The van der Waals surface area contributed by atoms with Gasteiger partial charge in [-0.05, 0) is 25.1 Å². The van der Waals surface area contributed by atoms with Gasteiger partial charge in [0.05, 0.1) is 26.4 Å². The number of nitrogens with zero attached hydrogens (tertiary/aromatic N) is 1. The molecular weight excluding hydrogens is 445 g/mol. The van der Waals surface area contributed by atoms with Crippen LogP contribution in [0.3, 0.4) is 0 Å². The number of anilines is 1. The summed E-state index contributed by atoms with van der Waals surface area (Å²) in [6.07, 6.45) is 0.875. The Hall–Kier alpha value is -2.16. The van der Waals surface area contributed by atoms with Crippen molar-refractivity contribution in [3.63, 3.8) is 0 Å². The summed E-state index contributed by atoms with van der Waals surface area (Å²) in [5.41, 5.74) is 7.81. The normalized spacial score (nSPS) is 13.3. The quantitative estimate of drug-likeness (QED) is 0.396. The first-order chi connectivity index (χ1) is 12.3. The van der Waals surface area contributed by atoms with E-state index in [9.17, 15) is 0 Å². The maximum absolute atomic E-state index is 6.01. The van der Waals surface area contributed by atoms with Gasteiger partial charge in [-0.3, -0.25) is 0 Å². The smallest absolute Gasteiger partial charge is 0.193 e. The van der Waals surface area contributed by atoms with Crippen LogP contribution in [0.2, 0.25) is 0 Å². The van der Waals surface area contributed by atoms with E-state index in [-0.39, 0.29) is 24.0 Å². The number of fused-ring (bicyclic) bond motifs is 1. The highest BCUT2D eigenvalue weighted by atomic mass is 127. The van der Waals surface area contributed by atoms with E-state index in [1.54, 1.807) is 0 Å². The van der Waals surface area contributed by atoms with Crippen LogP contribution >= 0.6 is 24.0 Å². The van der Waals surface area contributed by atoms with E-state index in [1.165, 1.54) is 0 Å². The number of nitrogens with one attached hydrogen (secondary N) is 1. The molecule has 1 aliphatic heterocycles. The fraction of sp³-hybridized carbons (Fsp3) is 0.316. The first-order valence-electron chi connectivity index (χ1n) is 8.43. The summed E-state index contributed by atoms with van der Waals surface area (Å²) in [6, 6.07) is 13.5. The van der Waals surface area contributed by atoms with Gasteiger partial charge in [0.25, 0.3) is 0 Å². The van der Waals surface area contributed by atoms with Gasteiger partial charge in [0.15, 0.2) is 17.5 Å². The van der Waals surface area contributed by atoms with Crippen molar-refractivity contribution in [1.82, 2.24) is 0 Å². The Labute approximate surface area is 170 Å². The van der Waals surface area contributed by atoms with Crippen molar-refractivity contribution >= 4 is 35.6 Å². The predicted molar refractivity (Wildman–Crippen MR) is 114 cm³/mol. The zero-order chi connectivity index (χ0) is 17.5. The Morgan fingerprint density at radius 1 is 1.15 bits per heavy atom. The molecule has 0 amide bonds. The molecule has 0 bridgehead atoms. The Morgan fingerprint density at radius 2 is 1.92 bits per heavy atom. The maximum Gasteiger partial charge on any atom is 0.193 e. The number of nitrogens with two attached hydrogens (primary N) is 1. The summed E-state index contributed by atoms with van der Waals surface area (Å²) in [7, 11) is 0. The Morgan fingerprint density at radius 3 is 2.73 bits per heavy atom. The molecule has 0 fully saturated rings. The van der Waals surface area contributed by atoms with Crippen molar-refractivity contribution in [2.24, 2.45) is 10.7 Å². The zero-order valence-electron chi connectivity index (χ0n) is 14.7. The van der Waals surface area contributed by atoms with E-state index in [2.05, 4.69) is 10.3 Å². The highest BCUT2D eigenvalue weighted by molar-refractivity contribution is 14.0. The Balaban J connectivity index is 0.00000243. The summed E-state index contributed by atoms with van der Waals surface area (Å²) in [5, 5.41) is 3.09. The zero-order valence-corrected chi connectivity index (χ0v) is 17.1. The van der Waals surface area contributed by atoms with Crippen LogP contribution in [0, 0.1) is 0 Å². The third-order valence-corrected chi connectivity index (χ3v) is 3.71. The molecule has 0 radical (unpaired) electrons. The van der Waals surface area contributed by atoms with E-state index < -0.39 is 0 Å². The second kappa shape index (κ2) is 10.1. The molecule has 3 rings (SSSR count). The molecule has 26 heavy (non-hydrogen) atoms. The van der Waals surface area contributed by atoms with Crippen LogP contribution in [0.25, 0.3) is 0 Å². The van der Waals surface area contributed by atoms with Crippen molar-refractivity contribution < 1.29 is 14.2 Å². The number of para-hydroxylation sites is 1. The van der Waals surface area contributed by atoms with Gasteiger partial charge in [-0.25, -0.2) is 4.99 Å². The van der Waals surface area contributed by atoms with E-state index in [1.807, 2.05) is 49.4 Å². The van der Waals surface area contributed by atoms with E-state index in [0.717, 1.165) is 34.9 Å². The maximum atomic E-state index is 6.01.